The van der Waals surface area contributed by atoms with Gasteiger partial charge in [-0.15, -0.1) is 0 Å². The van der Waals surface area contributed by atoms with E-state index < -0.39 is 0 Å². The average molecular weight is 83.2 g/mol. The van der Waals surface area contributed by atoms with E-state index in [-0.39, 0.29) is 6.40 Å². The van der Waals surface area contributed by atoms with Crippen molar-refractivity contribution in [2.75, 3.05) is 0 Å². The second-order valence-electron chi connectivity index (χ2n) is 1.59. The topological polar surface area (TPSA) is 0 Å². The van der Waals surface area contributed by atoms with Gasteiger partial charge in [0.2, 0.25) is 0 Å². The average Bonchev–Trinajstić information content (AvgIpc) is 1.69. The minimum atomic E-state index is 0.105. The van der Waals surface area contributed by atoms with E-state index >= 15 is 0 Å². The Morgan fingerprint density at radius 1 is 1.33 bits per heavy atom. The van der Waals surface area contributed by atoms with Gasteiger partial charge in [0.1, 0.15) is 0 Å². The molecule has 0 saturated carbocycles. The lowest BCUT2D eigenvalue weighted by molar-refractivity contribution is 0.730. The molecule has 0 N–H and O–H groups in total. The Kier molecular flexibility index (Phi) is 0.952. The van der Waals surface area contributed by atoms with E-state index in [2.05, 4.69) is 6.08 Å². The van der Waals surface area contributed by atoms with Crippen LogP contribution in [0.1, 0.15) is 27.0 Å². The van der Waals surface area contributed by atoms with Gasteiger partial charge in [-0.25, -0.2) is 0 Å². The second kappa shape index (κ2) is 2.01. The zero-order valence-corrected chi connectivity index (χ0v) is 3.85. The molecule has 0 saturated heterocycles. The fraction of sp³-hybridized carbons (Fsp3) is 0.667. The van der Waals surface area contributed by atoms with Gasteiger partial charge < -0.3 is 0 Å². The highest BCUT2D eigenvalue weighted by molar-refractivity contribution is 4.85. The highest BCUT2D eigenvalue weighted by Gasteiger charge is 1.87. The zero-order valence-electron chi connectivity index (χ0n) is 4.85. The van der Waals surface area contributed by atoms with E-state index in [4.69, 9.17) is 1.37 Å². The molecule has 1 aliphatic rings. The summed E-state index contributed by atoms with van der Waals surface area (Å²) in [5.41, 5.74) is 0. The molecule has 1 aliphatic carbocycles. The lowest BCUT2D eigenvalue weighted by Gasteiger charge is -1.97. The van der Waals surface area contributed by atoms with Crippen molar-refractivity contribution in [2.45, 2.75) is 25.7 Å². The predicted molar refractivity (Wildman–Crippen MR) is 27.6 cm³/mol. The van der Waals surface area contributed by atoms with Crippen LogP contribution in [0.25, 0.3) is 0 Å². The van der Waals surface area contributed by atoms with E-state index in [9.17, 15) is 0 Å². The maximum Gasteiger partial charge on any atom is 0.0310 e. The normalized spacial score (nSPS) is 36.0. The smallest absolute Gasteiger partial charge is 0.0310 e. The van der Waals surface area contributed by atoms with Crippen LogP contribution < -0.4 is 0 Å². The molecular formula is C6H10. The molecule has 0 aliphatic heterocycles. The first kappa shape index (κ1) is 2.84. The van der Waals surface area contributed by atoms with E-state index in [0.717, 1.165) is 6.42 Å². The largest absolute Gasteiger partial charge is 0.0885 e. The summed E-state index contributed by atoms with van der Waals surface area (Å²) >= 11 is 0. The number of hydrogen-bond acceptors (Lipinski definition) is 0. The monoisotopic (exact) mass is 83.1 g/mol. The van der Waals surface area contributed by atoms with Gasteiger partial charge in [0.05, 0.1) is 0 Å². The lowest BCUT2D eigenvalue weighted by Crippen LogP contribution is -1.77. The fourth-order valence-electron chi connectivity index (χ4n) is 0.642. The minimum Gasteiger partial charge on any atom is -0.0885 e. The molecule has 1 unspecified atom stereocenters. The summed E-state index contributed by atoms with van der Waals surface area (Å²) in [6.07, 6.45) is 7.65. The maximum absolute atomic E-state index is 7.19. The van der Waals surface area contributed by atoms with E-state index in [1.807, 2.05) is 6.08 Å². The predicted octanol–water partition coefficient (Wildman–Crippen LogP) is 2.12. The number of allylic oxidation sites excluding steroid dienone is 2. The Morgan fingerprint density at radius 3 is 2.67 bits per heavy atom. The van der Waals surface area contributed by atoms with Gasteiger partial charge in [-0.05, 0) is 25.7 Å². The standard InChI is InChI=1S/C6H10/c1-2-4-6-5-3-1/h1-2H,3-6H2/i3D. The third kappa shape index (κ3) is 0.852. The van der Waals surface area contributed by atoms with Gasteiger partial charge in [-0.2, -0.15) is 0 Å². The molecule has 0 aromatic rings. The maximum atomic E-state index is 7.19. The molecule has 0 amide bonds. The zero-order chi connectivity index (χ0) is 5.11. The van der Waals surface area contributed by atoms with Crippen LogP contribution in [0.5, 0.6) is 0 Å². The van der Waals surface area contributed by atoms with Gasteiger partial charge in [0.15, 0.2) is 0 Å². The quantitative estimate of drug-likeness (QED) is 0.393. The first-order chi connectivity index (χ1) is 3.39. The molecule has 0 radical (unpaired) electrons. The van der Waals surface area contributed by atoms with Gasteiger partial charge in [-0.1, -0.05) is 12.2 Å². The van der Waals surface area contributed by atoms with E-state index in [1.165, 1.54) is 12.8 Å². The van der Waals surface area contributed by atoms with E-state index in [1.54, 1.807) is 0 Å². The van der Waals surface area contributed by atoms with Crippen LogP contribution in [-0.2, 0) is 0 Å². The van der Waals surface area contributed by atoms with E-state index in [0.29, 0.717) is 0 Å². The molecule has 6 heavy (non-hydrogen) atoms. The number of hydrogen-bond donors (Lipinski definition) is 0. The summed E-state index contributed by atoms with van der Waals surface area (Å²) in [4.78, 5) is 0. The second-order valence-corrected chi connectivity index (χ2v) is 1.59. The van der Waals surface area contributed by atoms with Crippen molar-refractivity contribution in [2.24, 2.45) is 0 Å². The molecule has 0 heteroatoms. The molecule has 0 nitrogen and oxygen atoms in total. The highest BCUT2D eigenvalue weighted by Crippen LogP contribution is 2.07. The van der Waals surface area contributed by atoms with Crippen LogP contribution >= 0.6 is 0 Å². The third-order valence-corrected chi connectivity index (χ3v) is 1.01. The van der Waals surface area contributed by atoms with Crippen LogP contribution in [0.3, 0.4) is 0 Å². The summed E-state index contributed by atoms with van der Waals surface area (Å²) in [7, 11) is 0. The Morgan fingerprint density at radius 2 is 2.33 bits per heavy atom. The molecule has 0 heterocycles. The van der Waals surface area contributed by atoms with Gasteiger partial charge in [-0.3, -0.25) is 0 Å². The van der Waals surface area contributed by atoms with Crippen LogP contribution in [0.4, 0.5) is 0 Å². The van der Waals surface area contributed by atoms with Crippen LogP contribution in [0, 0.1) is 0 Å². The van der Waals surface area contributed by atoms with Gasteiger partial charge in [0.25, 0.3) is 0 Å². The first-order valence-electron chi connectivity index (χ1n) is 3.06. The molecule has 0 aromatic carbocycles. The third-order valence-electron chi connectivity index (χ3n) is 1.01. The summed E-state index contributed by atoms with van der Waals surface area (Å²) < 4.78 is 7.19. The molecule has 0 aromatic heterocycles. The summed E-state index contributed by atoms with van der Waals surface area (Å²) in [5.74, 6) is 0. The summed E-state index contributed by atoms with van der Waals surface area (Å²) in [5, 5.41) is 0. The lowest BCUT2D eigenvalue weighted by atomic mass is 10.1. The fourth-order valence-corrected chi connectivity index (χ4v) is 0.642. The molecule has 0 spiro atoms. The molecule has 1 rings (SSSR count). The van der Waals surface area contributed by atoms with Crippen molar-refractivity contribution < 1.29 is 1.37 Å². The summed E-state index contributed by atoms with van der Waals surface area (Å²) in [6, 6.07) is 0. The molecule has 0 fully saturated rings. The SMILES string of the molecule is [2H]C1C=CCCC1. The van der Waals surface area contributed by atoms with Crippen molar-refractivity contribution in [3.05, 3.63) is 12.2 Å². The highest BCUT2D eigenvalue weighted by atomic mass is 13.9. The Bertz CT molecular complexity index is 76.2. The Balaban J connectivity index is 2.36. The van der Waals surface area contributed by atoms with Gasteiger partial charge in [0, 0.05) is 1.37 Å². The summed E-state index contributed by atoms with van der Waals surface area (Å²) in [6.45, 7) is 0. The van der Waals surface area contributed by atoms with Crippen molar-refractivity contribution in [3.8, 4) is 0 Å². The Hall–Kier alpha value is -0.260. The van der Waals surface area contributed by atoms with Crippen molar-refractivity contribution in [1.29, 1.82) is 0 Å². The number of rotatable bonds is 0. The first-order valence-corrected chi connectivity index (χ1v) is 2.48. The van der Waals surface area contributed by atoms with Gasteiger partial charge >= 0.3 is 0 Å². The minimum absolute atomic E-state index is 0.105. The van der Waals surface area contributed by atoms with Crippen LogP contribution in [-0.4, -0.2) is 0 Å². The van der Waals surface area contributed by atoms with Crippen LogP contribution in [0.15, 0.2) is 12.2 Å². The van der Waals surface area contributed by atoms with Crippen molar-refractivity contribution >= 4 is 0 Å². The molecule has 34 valence electrons. The van der Waals surface area contributed by atoms with Crippen LogP contribution in [0.2, 0.25) is 0 Å². The van der Waals surface area contributed by atoms with Crippen molar-refractivity contribution in [3.63, 3.8) is 0 Å². The molecule has 0 bridgehead atoms. The Labute approximate surface area is 40.3 Å². The van der Waals surface area contributed by atoms with Crippen molar-refractivity contribution in [1.82, 2.24) is 0 Å². The molecular weight excluding hydrogens is 72.1 g/mol. The molecule has 1 atom stereocenters.